The van der Waals surface area contributed by atoms with Crippen LogP contribution in [0.5, 0.6) is 17.2 Å². The lowest BCUT2D eigenvalue weighted by Gasteiger charge is -2.11. The predicted octanol–water partition coefficient (Wildman–Crippen LogP) is 1.20. The smallest absolute Gasteiger partial charge is 0.407 e. The van der Waals surface area contributed by atoms with Crippen molar-refractivity contribution in [2.75, 3.05) is 20.5 Å². The van der Waals surface area contributed by atoms with Gasteiger partial charge in [0.1, 0.15) is 6.61 Å². The zero-order chi connectivity index (χ0) is 11.8. The number of hydrogen-bond acceptors (Lipinski definition) is 5. The van der Waals surface area contributed by atoms with Gasteiger partial charge in [0.25, 0.3) is 0 Å². The summed E-state index contributed by atoms with van der Waals surface area (Å²) in [4.78, 5) is 11.0. The van der Waals surface area contributed by atoms with E-state index in [0.29, 0.717) is 23.9 Å². The number of carbonyl (C=O) groups is 1. The molecule has 6 heteroatoms. The molecule has 1 N–H and O–H groups in total. The van der Waals surface area contributed by atoms with E-state index < -0.39 is 6.09 Å². The van der Waals surface area contributed by atoms with Crippen molar-refractivity contribution in [3.05, 3.63) is 17.7 Å². The summed E-state index contributed by atoms with van der Waals surface area (Å²) in [6.07, 6.45) is -0.411. The molecule has 0 spiro atoms. The molecule has 0 radical (unpaired) electrons. The molecule has 0 unspecified atom stereocenters. The fourth-order valence-electron chi connectivity index (χ4n) is 1.92. The van der Waals surface area contributed by atoms with Crippen LogP contribution in [0.1, 0.15) is 11.6 Å². The number of rotatable bonds is 2. The third-order valence-corrected chi connectivity index (χ3v) is 2.76. The Kier molecular flexibility index (Phi) is 2.21. The summed E-state index contributed by atoms with van der Waals surface area (Å²) in [6, 6.07) is 3.46. The Labute approximate surface area is 97.4 Å². The molecule has 6 nitrogen and oxygen atoms in total. The first-order chi connectivity index (χ1) is 8.28. The highest BCUT2D eigenvalue weighted by Gasteiger charge is 2.28. The van der Waals surface area contributed by atoms with Crippen LogP contribution in [0.25, 0.3) is 0 Å². The number of nitrogens with one attached hydrogen (secondary N) is 1. The molecule has 1 atom stereocenters. The number of amides is 1. The van der Waals surface area contributed by atoms with Gasteiger partial charge in [-0.15, -0.1) is 0 Å². The van der Waals surface area contributed by atoms with E-state index in [-0.39, 0.29) is 12.8 Å². The van der Waals surface area contributed by atoms with Gasteiger partial charge in [-0.2, -0.15) is 0 Å². The molecule has 1 aromatic carbocycles. The molecule has 90 valence electrons. The summed E-state index contributed by atoms with van der Waals surface area (Å²) < 4.78 is 20.7. The maximum atomic E-state index is 11.0. The number of ether oxygens (including phenoxy) is 4. The predicted molar refractivity (Wildman–Crippen MR) is 56.3 cm³/mol. The van der Waals surface area contributed by atoms with Crippen molar-refractivity contribution >= 4 is 6.09 Å². The molecular formula is C11H11NO5. The Bertz CT molecular complexity index is 473. The number of benzene rings is 1. The van der Waals surface area contributed by atoms with E-state index in [0.717, 1.165) is 5.56 Å². The first-order valence-corrected chi connectivity index (χ1v) is 5.19. The second-order valence-corrected chi connectivity index (χ2v) is 3.75. The van der Waals surface area contributed by atoms with Gasteiger partial charge in [0.2, 0.25) is 12.5 Å². The molecule has 0 aromatic heterocycles. The van der Waals surface area contributed by atoms with Crippen LogP contribution in [0.2, 0.25) is 0 Å². The fourth-order valence-corrected chi connectivity index (χ4v) is 1.92. The van der Waals surface area contributed by atoms with E-state index in [9.17, 15) is 4.79 Å². The number of hydrogen-bond donors (Lipinski definition) is 1. The van der Waals surface area contributed by atoms with Crippen LogP contribution in [0, 0.1) is 0 Å². The van der Waals surface area contributed by atoms with Gasteiger partial charge in [-0.25, -0.2) is 4.79 Å². The molecule has 1 fully saturated rings. The first kappa shape index (κ1) is 10.1. The van der Waals surface area contributed by atoms with Crippen molar-refractivity contribution in [3.8, 4) is 17.2 Å². The van der Waals surface area contributed by atoms with Crippen molar-refractivity contribution in [3.63, 3.8) is 0 Å². The van der Waals surface area contributed by atoms with E-state index in [2.05, 4.69) is 5.32 Å². The molecule has 2 heterocycles. The minimum Gasteiger partial charge on any atom is -0.493 e. The molecular weight excluding hydrogens is 226 g/mol. The monoisotopic (exact) mass is 237 g/mol. The van der Waals surface area contributed by atoms with Crippen LogP contribution in [0.4, 0.5) is 4.79 Å². The van der Waals surface area contributed by atoms with E-state index in [1.165, 1.54) is 0 Å². The SMILES string of the molecule is COc1cc([C@H]2COC(=O)N2)cc2c1OCO2. The second-order valence-electron chi connectivity index (χ2n) is 3.75. The number of fused-ring (bicyclic) bond motifs is 1. The summed E-state index contributed by atoms with van der Waals surface area (Å²) in [7, 11) is 1.56. The van der Waals surface area contributed by atoms with Gasteiger partial charge in [-0.1, -0.05) is 0 Å². The van der Waals surface area contributed by atoms with Crippen molar-refractivity contribution in [1.29, 1.82) is 0 Å². The molecule has 1 saturated heterocycles. The summed E-state index contributed by atoms with van der Waals surface area (Å²) in [5.41, 5.74) is 0.872. The van der Waals surface area contributed by atoms with Gasteiger partial charge in [-0.05, 0) is 17.7 Å². The van der Waals surface area contributed by atoms with Crippen molar-refractivity contribution in [2.24, 2.45) is 0 Å². The minimum absolute atomic E-state index is 0.175. The van der Waals surface area contributed by atoms with Crippen molar-refractivity contribution < 1.29 is 23.7 Å². The molecule has 1 aromatic rings. The average molecular weight is 237 g/mol. The molecule has 1 amide bonds. The lowest BCUT2D eigenvalue weighted by atomic mass is 10.1. The maximum Gasteiger partial charge on any atom is 0.407 e. The maximum absolute atomic E-state index is 11.0. The third kappa shape index (κ3) is 1.61. The summed E-state index contributed by atoms with van der Waals surface area (Å²) in [6.45, 7) is 0.490. The molecule has 0 bridgehead atoms. The number of alkyl carbamates (subject to hydrolysis) is 1. The molecule has 17 heavy (non-hydrogen) atoms. The summed E-state index contributed by atoms with van der Waals surface area (Å²) >= 11 is 0. The Morgan fingerprint density at radius 3 is 2.94 bits per heavy atom. The van der Waals surface area contributed by atoms with Crippen molar-refractivity contribution in [1.82, 2.24) is 5.32 Å². The molecule has 0 saturated carbocycles. The van der Waals surface area contributed by atoms with Crippen molar-refractivity contribution in [2.45, 2.75) is 6.04 Å². The Morgan fingerprint density at radius 2 is 2.24 bits per heavy atom. The zero-order valence-corrected chi connectivity index (χ0v) is 9.19. The van der Waals surface area contributed by atoms with E-state index >= 15 is 0 Å². The zero-order valence-electron chi connectivity index (χ0n) is 9.19. The molecule has 2 aliphatic rings. The highest BCUT2D eigenvalue weighted by molar-refractivity contribution is 5.70. The van der Waals surface area contributed by atoms with E-state index in [1.807, 2.05) is 12.1 Å². The first-order valence-electron chi connectivity index (χ1n) is 5.19. The van der Waals surface area contributed by atoms with Gasteiger partial charge in [0.15, 0.2) is 11.5 Å². The minimum atomic E-state index is -0.411. The van der Waals surface area contributed by atoms with Crippen LogP contribution >= 0.6 is 0 Å². The number of carbonyl (C=O) groups excluding carboxylic acids is 1. The summed E-state index contributed by atoms with van der Waals surface area (Å²) in [5, 5.41) is 2.70. The number of methoxy groups -OCH3 is 1. The lowest BCUT2D eigenvalue weighted by Crippen LogP contribution is -2.18. The quantitative estimate of drug-likeness (QED) is 0.837. The van der Waals surface area contributed by atoms with E-state index in [1.54, 1.807) is 7.11 Å². The largest absolute Gasteiger partial charge is 0.493 e. The standard InChI is InChI=1S/C11H11NO5/c1-14-8-2-6(7-4-15-11(13)12-7)3-9-10(8)17-5-16-9/h2-3,7H,4-5H2,1H3,(H,12,13)/t7-/m1/s1. The number of cyclic esters (lactones) is 1. The van der Waals surface area contributed by atoms with Crippen LogP contribution in [-0.2, 0) is 4.74 Å². The molecule has 3 rings (SSSR count). The van der Waals surface area contributed by atoms with Gasteiger partial charge in [0, 0.05) is 0 Å². The normalized spacial score (nSPS) is 21.0. The Morgan fingerprint density at radius 1 is 1.35 bits per heavy atom. The van der Waals surface area contributed by atoms with Gasteiger partial charge < -0.3 is 24.3 Å². The fraction of sp³-hybridized carbons (Fsp3) is 0.364. The van der Waals surface area contributed by atoms with Gasteiger partial charge in [-0.3, -0.25) is 0 Å². The summed E-state index contributed by atoms with van der Waals surface area (Å²) in [5.74, 6) is 1.82. The Balaban J connectivity index is 1.98. The van der Waals surface area contributed by atoms with E-state index in [4.69, 9.17) is 18.9 Å². The van der Waals surface area contributed by atoms with Crippen LogP contribution in [0.3, 0.4) is 0 Å². The molecule has 2 aliphatic heterocycles. The topological polar surface area (TPSA) is 66.0 Å². The van der Waals surface area contributed by atoms with Crippen LogP contribution in [0.15, 0.2) is 12.1 Å². The lowest BCUT2D eigenvalue weighted by molar-refractivity contribution is 0.171. The molecule has 0 aliphatic carbocycles. The second kappa shape index (κ2) is 3.73. The highest BCUT2D eigenvalue weighted by Crippen LogP contribution is 2.43. The van der Waals surface area contributed by atoms with Crippen LogP contribution < -0.4 is 19.5 Å². The van der Waals surface area contributed by atoms with Gasteiger partial charge in [0.05, 0.1) is 13.2 Å². The van der Waals surface area contributed by atoms with Crippen LogP contribution in [-0.4, -0.2) is 26.6 Å². The highest BCUT2D eigenvalue weighted by atomic mass is 16.7. The average Bonchev–Trinajstić information content (AvgIpc) is 2.95. The third-order valence-electron chi connectivity index (χ3n) is 2.76. The Hall–Kier alpha value is -2.11. The van der Waals surface area contributed by atoms with Gasteiger partial charge >= 0.3 is 6.09 Å².